The predicted molar refractivity (Wildman–Crippen MR) is 46.5 cm³/mol. The standard InChI is InChI=1S/C9H16NO2/c1-2-7-10-9(11)12-8-5-3-4-6-8/h7-8H,2-6H2,1H3,(H,10,11). The molecule has 0 heterocycles. The van der Waals surface area contributed by atoms with Gasteiger partial charge in [0.2, 0.25) is 0 Å². The lowest BCUT2D eigenvalue weighted by molar-refractivity contribution is 0.103. The summed E-state index contributed by atoms with van der Waals surface area (Å²) in [6.45, 7) is 3.67. The van der Waals surface area contributed by atoms with Gasteiger partial charge in [0.05, 0.1) is 6.54 Å². The van der Waals surface area contributed by atoms with Gasteiger partial charge in [0.15, 0.2) is 0 Å². The molecule has 69 valence electrons. The molecule has 0 aromatic heterocycles. The fraction of sp³-hybridized carbons (Fsp3) is 0.778. The van der Waals surface area contributed by atoms with Gasteiger partial charge < -0.3 is 10.1 Å². The second-order valence-corrected chi connectivity index (χ2v) is 3.07. The highest BCUT2D eigenvalue weighted by molar-refractivity contribution is 5.68. The second-order valence-electron chi connectivity index (χ2n) is 3.07. The van der Waals surface area contributed by atoms with Gasteiger partial charge in [-0.1, -0.05) is 6.92 Å². The summed E-state index contributed by atoms with van der Waals surface area (Å²) in [7, 11) is 0. The van der Waals surface area contributed by atoms with E-state index in [0.717, 1.165) is 19.3 Å². The van der Waals surface area contributed by atoms with Gasteiger partial charge in [-0.2, -0.15) is 0 Å². The minimum atomic E-state index is -0.302. The van der Waals surface area contributed by atoms with E-state index >= 15 is 0 Å². The summed E-state index contributed by atoms with van der Waals surface area (Å²) in [5.74, 6) is 0. The molecule has 0 saturated heterocycles. The molecule has 1 N–H and O–H groups in total. The largest absolute Gasteiger partial charge is 0.446 e. The number of hydrogen-bond donors (Lipinski definition) is 1. The molecule has 3 nitrogen and oxygen atoms in total. The van der Waals surface area contributed by atoms with E-state index in [1.165, 1.54) is 12.8 Å². The van der Waals surface area contributed by atoms with Crippen LogP contribution < -0.4 is 5.32 Å². The zero-order chi connectivity index (χ0) is 8.81. The Kier molecular flexibility index (Phi) is 3.91. The van der Waals surface area contributed by atoms with Gasteiger partial charge in [0, 0.05) is 0 Å². The molecule has 0 spiro atoms. The molecule has 0 aromatic rings. The number of rotatable bonds is 3. The smallest absolute Gasteiger partial charge is 0.407 e. The van der Waals surface area contributed by atoms with Crippen LogP contribution in [0.5, 0.6) is 0 Å². The lowest BCUT2D eigenvalue weighted by Gasteiger charge is -2.11. The second kappa shape index (κ2) is 5.01. The molecule has 1 saturated carbocycles. The van der Waals surface area contributed by atoms with Crippen LogP contribution in [0, 0.1) is 6.54 Å². The average molecular weight is 170 g/mol. The Morgan fingerprint density at radius 2 is 2.25 bits per heavy atom. The first-order valence-electron chi connectivity index (χ1n) is 4.61. The number of alkyl carbamates (subject to hydrolysis) is 1. The number of carbonyl (C=O) groups excluding carboxylic acids is 1. The summed E-state index contributed by atoms with van der Waals surface area (Å²) in [5, 5.41) is 2.57. The van der Waals surface area contributed by atoms with Gasteiger partial charge in [0.25, 0.3) is 0 Å². The third-order valence-corrected chi connectivity index (χ3v) is 2.00. The minimum absolute atomic E-state index is 0.162. The van der Waals surface area contributed by atoms with E-state index in [9.17, 15) is 4.79 Å². The molecule has 0 bridgehead atoms. The summed E-state index contributed by atoms with van der Waals surface area (Å²) in [5.41, 5.74) is 0. The third kappa shape index (κ3) is 3.11. The Bertz CT molecular complexity index is 141. The first kappa shape index (κ1) is 9.36. The Morgan fingerprint density at radius 3 is 2.83 bits per heavy atom. The van der Waals surface area contributed by atoms with Gasteiger partial charge in [-0.3, -0.25) is 0 Å². The van der Waals surface area contributed by atoms with E-state index in [4.69, 9.17) is 4.74 Å². The Hall–Kier alpha value is -0.730. The van der Waals surface area contributed by atoms with Crippen molar-refractivity contribution in [1.82, 2.24) is 5.32 Å². The number of amides is 1. The Balaban J connectivity index is 2.08. The van der Waals surface area contributed by atoms with Gasteiger partial charge in [-0.05, 0) is 32.1 Å². The number of nitrogens with one attached hydrogen (secondary N) is 1. The molecule has 0 unspecified atom stereocenters. The van der Waals surface area contributed by atoms with E-state index < -0.39 is 0 Å². The highest BCUT2D eigenvalue weighted by Gasteiger charge is 2.18. The summed E-state index contributed by atoms with van der Waals surface area (Å²) in [4.78, 5) is 11.0. The normalized spacial score (nSPS) is 17.8. The van der Waals surface area contributed by atoms with Crippen molar-refractivity contribution in [3.05, 3.63) is 6.54 Å². The van der Waals surface area contributed by atoms with Crippen molar-refractivity contribution in [2.45, 2.75) is 45.1 Å². The van der Waals surface area contributed by atoms with Crippen molar-refractivity contribution in [3.8, 4) is 0 Å². The quantitative estimate of drug-likeness (QED) is 0.705. The Labute approximate surface area is 73.5 Å². The summed E-state index contributed by atoms with van der Waals surface area (Å²) < 4.78 is 5.13. The van der Waals surface area contributed by atoms with Gasteiger partial charge >= 0.3 is 6.09 Å². The monoisotopic (exact) mass is 170 g/mol. The van der Waals surface area contributed by atoms with E-state index in [1.807, 2.05) is 6.92 Å². The first-order chi connectivity index (χ1) is 5.83. The van der Waals surface area contributed by atoms with Crippen LogP contribution >= 0.6 is 0 Å². The summed E-state index contributed by atoms with van der Waals surface area (Å²) in [6.07, 6.45) is 5.13. The van der Waals surface area contributed by atoms with Crippen LogP contribution in [-0.2, 0) is 4.74 Å². The van der Waals surface area contributed by atoms with Crippen LogP contribution in [0.2, 0.25) is 0 Å². The fourth-order valence-corrected chi connectivity index (χ4v) is 1.38. The average Bonchev–Trinajstić information content (AvgIpc) is 2.53. The van der Waals surface area contributed by atoms with Crippen LogP contribution in [0.4, 0.5) is 4.79 Å². The molecule has 1 aliphatic carbocycles. The van der Waals surface area contributed by atoms with Crippen molar-refractivity contribution in [2.75, 3.05) is 0 Å². The zero-order valence-electron chi connectivity index (χ0n) is 7.51. The van der Waals surface area contributed by atoms with Crippen LogP contribution in [0.3, 0.4) is 0 Å². The van der Waals surface area contributed by atoms with Crippen molar-refractivity contribution in [3.63, 3.8) is 0 Å². The molecule has 0 aromatic carbocycles. The molecule has 0 atom stereocenters. The first-order valence-corrected chi connectivity index (χ1v) is 4.61. The third-order valence-electron chi connectivity index (χ3n) is 2.00. The number of carbonyl (C=O) groups is 1. The Morgan fingerprint density at radius 1 is 1.58 bits per heavy atom. The van der Waals surface area contributed by atoms with E-state index in [0.29, 0.717) is 0 Å². The maximum atomic E-state index is 11.0. The lowest BCUT2D eigenvalue weighted by Crippen LogP contribution is -2.25. The highest BCUT2D eigenvalue weighted by atomic mass is 16.6. The van der Waals surface area contributed by atoms with Crippen molar-refractivity contribution in [1.29, 1.82) is 0 Å². The van der Waals surface area contributed by atoms with E-state index in [2.05, 4.69) is 5.32 Å². The van der Waals surface area contributed by atoms with Crippen LogP contribution in [0.1, 0.15) is 39.0 Å². The maximum absolute atomic E-state index is 11.0. The molecule has 3 heteroatoms. The minimum Gasteiger partial charge on any atom is -0.446 e. The molecule has 0 aliphatic heterocycles. The molecular formula is C9H16NO2. The van der Waals surface area contributed by atoms with Crippen molar-refractivity contribution in [2.24, 2.45) is 0 Å². The summed E-state index contributed by atoms with van der Waals surface area (Å²) >= 11 is 0. The molecule has 1 amide bonds. The number of ether oxygens (including phenoxy) is 1. The lowest BCUT2D eigenvalue weighted by atomic mass is 10.3. The molecule has 1 aliphatic rings. The molecule has 1 fully saturated rings. The van der Waals surface area contributed by atoms with Crippen molar-refractivity contribution < 1.29 is 9.53 Å². The summed E-state index contributed by atoms with van der Waals surface area (Å²) in [6, 6.07) is 0. The number of hydrogen-bond acceptors (Lipinski definition) is 2. The van der Waals surface area contributed by atoms with E-state index in [-0.39, 0.29) is 12.2 Å². The van der Waals surface area contributed by atoms with Crippen LogP contribution in [0.25, 0.3) is 0 Å². The maximum Gasteiger partial charge on any atom is 0.407 e. The zero-order valence-corrected chi connectivity index (χ0v) is 7.51. The van der Waals surface area contributed by atoms with Crippen LogP contribution in [0.15, 0.2) is 0 Å². The van der Waals surface area contributed by atoms with Gasteiger partial charge in [-0.25, -0.2) is 4.79 Å². The van der Waals surface area contributed by atoms with E-state index in [1.54, 1.807) is 6.54 Å². The van der Waals surface area contributed by atoms with Gasteiger partial charge in [0.1, 0.15) is 6.10 Å². The van der Waals surface area contributed by atoms with Gasteiger partial charge in [-0.15, -0.1) is 0 Å². The van der Waals surface area contributed by atoms with Crippen molar-refractivity contribution >= 4 is 6.09 Å². The molecule has 1 rings (SSSR count). The molecule has 12 heavy (non-hydrogen) atoms. The topological polar surface area (TPSA) is 38.3 Å². The highest BCUT2D eigenvalue weighted by Crippen LogP contribution is 2.20. The fourth-order valence-electron chi connectivity index (χ4n) is 1.38. The SMILES string of the molecule is CC[CH]NC(=O)OC1CCCC1. The van der Waals surface area contributed by atoms with Crippen LogP contribution in [-0.4, -0.2) is 12.2 Å². The molecule has 1 radical (unpaired) electrons. The molecular weight excluding hydrogens is 154 g/mol. The predicted octanol–water partition coefficient (Wildman–Crippen LogP) is 2.23.